The fourth-order valence-corrected chi connectivity index (χ4v) is 1.92. The Balaban J connectivity index is 1.90. The van der Waals surface area contributed by atoms with E-state index in [-0.39, 0.29) is 12.2 Å². The molecular formula is C11H10O4S. The summed E-state index contributed by atoms with van der Waals surface area (Å²) in [4.78, 5) is 11.9. The molecule has 0 spiro atoms. The Morgan fingerprint density at radius 2 is 2.31 bits per heavy atom. The van der Waals surface area contributed by atoms with E-state index in [1.807, 2.05) is 17.5 Å². The summed E-state index contributed by atoms with van der Waals surface area (Å²) >= 11 is 1.60. The van der Waals surface area contributed by atoms with Crippen LogP contribution in [0.2, 0.25) is 0 Å². The Morgan fingerprint density at radius 1 is 1.44 bits per heavy atom. The van der Waals surface area contributed by atoms with Gasteiger partial charge in [-0.05, 0) is 17.5 Å². The summed E-state index contributed by atoms with van der Waals surface area (Å²) in [5.41, 5.74) is 0.158. The lowest BCUT2D eigenvalue weighted by molar-refractivity contribution is 0.0673. The Bertz CT molecular complexity index is 458. The van der Waals surface area contributed by atoms with Crippen LogP contribution in [0.3, 0.4) is 0 Å². The van der Waals surface area contributed by atoms with Gasteiger partial charge in [-0.25, -0.2) is 4.79 Å². The van der Waals surface area contributed by atoms with Crippen LogP contribution >= 0.6 is 11.3 Å². The monoisotopic (exact) mass is 238 g/mol. The molecule has 0 saturated carbocycles. The Kier molecular flexibility index (Phi) is 3.38. The third kappa shape index (κ3) is 2.50. The molecule has 5 heteroatoms. The molecule has 0 aromatic carbocycles. The quantitative estimate of drug-likeness (QED) is 0.870. The lowest BCUT2D eigenvalue weighted by atomic mass is 10.2. The van der Waals surface area contributed by atoms with Gasteiger partial charge in [0, 0.05) is 4.88 Å². The summed E-state index contributed by atoms with van der Waals surface area (Å²) in [6.45, 7) is 0.643. The highest BCUT2D eigenvalue weighted by Gasteiger charge is 2.12. The number of aromatic carboxylic acids is 1. The summed E-state index contributed by atoms with van der Waals surface area (Å²) in [5.74, 6) is -0.646. The molecule has 0 unspecified atom stereocenters. The van der Waals surface area contributed by atoms with Crippen molar-refractivity contribution in [2.24, 2.45) is 0 Å². The van der Waals surface area contributed by atoms with E-state index in [4.69, 9.17) is 14.3 Å². The third-order valence-corrected chi connectivity index (χ3v) is 2.88. The fourth-order valence-electron chi connectivity index (χ4n) is 1.28. The standard InChI is InChI=1S/C11H10O4S/c12-11(13)9-3-4-15-10(9)7-14-6-8-2-1-5-16-8/h1-5H,6-7H2,(H,12,13). The van der Waals surface area contributed by atoms with Gasteiger partial charge in [-0.15, -0.1) is 11.3 Å². The van der Waals surface area contributed by atoms with Crippen LogP contribution in [0.4, 0.5) is 0 Å². The highest BCUT2D eigenvalue weighted by Crippen LogP contribution is 2.14. The molecule has 16 heavy (non-hydrogen) atoms. The van der Waals surface area contributed by atoms with E-state index in [0.29, 0.717) is 12.4 Å². The van der Waals surface area contributed by atoms with E-state index in [1.54, 1.807) is 11.3 Å². The van der Waals surface area contributed by atoms with Crippen molar-refractivity contribution in [1.82, 2.24) is 0 Å². The van der Waals surface area contributed by atoms with Gasteiger partial charge in [0.2, 0.25) is 0 Å². The van der Waals surface area contributed by atoms with E-state index < -0.39 is 5.97 Å². The molecule has 0 radical (unpaired) electrons. The van der Waals surface area contributed by atoms with Crippen LogP contribution in [0.1, 0.15) is 21.0 Å². The van der Waals surface area contributed by atoms with Crippen molar-refractivity contribution in [3.05, 3.63) is 46.0 Å². The number of hydrogen-bond acceptors (Lipinski definition) is 4. The summed E-state index contributed by atoms with van der Waals surface area (Å²) in [6.07, 6.45) is 1.35. The molecule has 0 aliphatic heterocycles. The number of carboxylic acid groups (broad SMARTS) is 1. The molecule has 1 N–H and O–H groups in total. The van der Waals surface area contributed by atoms with Crippen molar-refractivity contribution >= 4 is 17.3 Å². The van der Waals surface area contributed by atoms with Crippen LogP contribution in [-0.4, -0.2) is 11.1 Å². The van der Waals surface area contributed by atoms with Crippen LogP contribution in [0.25, 0.3) is 0 Å². The molecule has 0 amide bonds. The maximum atomic E-state index is 10.8. The minimum atomic E-state index is -0.997. The van der Waals surface area contributed by atoms with Crippen LogP contribution < -0.4 is 0 Å². The summed E-state index contributed by atoms with van der Waals surface area (Å²) in [7, 11) is 0. The van der Waals surface area contributed by atoms with E-state index in [2.05, 4.69) is 0 Å². The number of ether oxygens (including phenoxy) is 1. The van der Waals surface area contributed by atoms with Crippen LogP contribution in [0.5, 0.6) is 0 Å². The highest BCUT2D eigenvalue weighted by atomic mass is 32.1. The molecule has 0 saturated heterocycles. The van der Waals surface area contributed by atoms with E-state index in [9.17, 15) is 4.79 Å². The number of thiophene rings is 1. The molecule has 2 heterocycles. The number of carbonyl (C=O) groups is 1. The smallest absolute Gasteiger partial charge is 0.339 e. The Labute approximate surface area is 96.1 Å². The van der Waals surface area contributed by atoms with E-state index in [1.165, 1.54) is 12.3 Å². The summed E-state index contributed by atoms with van der Waals surface area (Å²) < 4.78 is 10.4. The highest BCUT2D eigenvalue weighted by molar-refractivity contribution is 7.09. The van der Waals surface area contributed by atoms with Gasteiger partial charge in [0.05, 0.1) is 12.9 Å². The molecule has 84 valence electrons. The Morgan fingerprint density at radius 3 is 3.00 bits per heavy atom. The zero-order valence-corrected chi connectivity index (χ0v) is 9.20. The second kappa shape index (κ2) is 4.96. The van der Waals surface area contributed by atoms with Gasteiger partial charge in [-0.1, -0.05) is 6.07 Å². The predicted octanol–water partition coefficient (Wildman–Crippen LogP) is 2.76. The first kappa shape index (κ1) is 10.9. The van der Waals surface area contributed by atoms with Gasteiger partial charge in [-0.3, -0.25) is 0 Å². The Hall–Kier alpha value is -1.59. The molecule has 2 aromatic rings. The minimum absolute atomic E-state index is 0.158. The van der Waals surface area contributed by atoms with Crippen molar-refractivity contribution in [2.75, 3.05) is 0 Å². The minimum Gasteiger partial charge on any atom is -0.478 e. The van der Waals surface area contributed by atoms with Crippen LogP contribution in [0, 0.1) is 0 Å². The summed E-state index contributed by atoms with van der Waals surface area (Å²) in [6, 6.07) is 5.33. The van der Waals surface area contributed by atoms with Gasteiger partial charge in [-0.2, -0.15) is 0 Å². The van der Waals surface area contributed by atoms with Crippen molar-refractivity contribution in [1.29, 1.82) is 0 Å². The first-order valence-electron chi connectivity index (χ1n) is 4.67. The third-order valence-electron chi connectivity index (χ3n) is 2.03. The fraction of sp³-hybridized carbons (Fsp3) is 0.182. The van der Waals surface area contributed by atoms with Crippen LogP contribution in [0.15, 0.2) is 34.3 Å². The molecule has 0 fully saturated rings. The van der Waals surface area contributed by atoms with E-state index in [0.717, 1.165) is 4.88 Å². The number of rotatable bonds is 5. The van der Waals surface area contributed by atoms with Crippen molar-refractivity contribution in [3.8, 4) is 0 Å². The lowest BCUT2D eigenvalue weighted by Gasteiger charge is -2.00. The molecule has 4 nitrogen and oxygen atoms in total. The topological polar surface area (TPSA) is 59.7 Å². The second-order valence-corrected chi connectivity index (χ2v) is 4.17. The van der Waals surface area contributed by atoms with Gasteiger partial charge in [0.15, 0.2) is 0 Å². The summed E-state index contributed by atoms with van der Waals surface area (Å²) in [5, 5.41) is 10.8. The SMILES string of the molecule is O=C(O)c1ccoc1COCc1cccs1. The maximum Gasteiger partial charge on any atom is 0.339 e. The average molecular weight is 238 g/mol. The van der Waals surface area contributed by atoms with E-state index >= 15 is 0 Å². The lowest BCUT2D eigenvalue weighted by Crippen LogP contribution is -2.00. The molecule has 0 aliphatic rings. The van der Waals surface area contributed by atoms with Gasteiger partial charge < -0.3 is 14.3 Å². The zero-order valence-electron chi connectivity index (χ0n) is 8.38. The number of furan rings is 1. The normalized spacial score (nSPS) is 10.5. The van der Waals surface area contributed by atoms with Gasteiger partial charge in [0.25, 0.3) is 0 Å². The van der Waals surface area contributed by atoms with Crippen molar-refractivity contribution in [2.45, 2.75) is 13.2 Å². The van der Waals surface area contributed by atoms with Crippen LogP contribution in [-0.2, 0) is 18.0 Å². The maximum absolute atomic E-state index is 10.8. The van der Waals surface area contributed by atoms with Crippen molar-refractivity contribution in [3.63, 3.8) is 0 Å². The molecular weight excluding hydrogens is 228 g/mol. The first-order chi connectivity index (χ1) is 7.77. The number of carboxylic acids is 1. The van der Waals surface area contributed by atoms with Crippen molar-refractivity contribution < 1.29 is 19.1 Å². The molecule has 0 bridgehead atoms. The predicted molar refractivity (Wildman–Crippen MR) is 58.5 cm³/mol. The molecule has 0 atom stereocenters. The molecule has 2 aromatic heterocycles. The number of hydrogen-bond donors (Lipinski definition) is 1. The average Bonchev–Trinajstić information content (AvgIpc) is 2.87. The second-order valence-electron chi connectivity index (χ2n) is 3.13. The molecule has 0 aliphatic carbocycles. The zero-order chi connectivity index (χ0) is 11.4. The van der Waals surface area contributed by atoms with Gasteiger partial charge in [0.1, 0.15) is 17.9 Å². The largest absolute Gasteiger partial charge is 0.478 e. The van der Waals surface area contributed by atoms with Gasteiger partial charge >= 0.3 is 5.97 Å². The molecule has 2 rings (SSSR count). The first-order valence-corrected chi connectivity index (χ1v) is 5.55.